The number of aryl methyl sites for hydroxylation is 1. The maximum Gasteiger partial charge on any atom is 0.226 e. The van der Waals surface area contributed by atoms with E-state index in [9.17, 15) is 4.79 Å². The Morgan fingerprint density at radius 2 is 1.92 bits per heavy atom. The van der Waals surface area contributed by atoms with Crippen molar-refractivity contribution < 1.29 is 9.53 Å². The van der Waals surface area contributed by atoms with Gasteiger partial charge in [0.25, 0.3) is 0 Å². The van der Waals surface area contributed by atoms with Crippen LogP contribution in [-0.2, 0) is 17.8 Å². The average molecular weight is 359 g/mol. The fourth-order valence-corrected chi connectivity index (χ4v) is 3.85. The van der Waals surface area contributed by atoms with Gasteiger partial charge in [-0.05, 0) is 31.9 Å². The van der Waals surface area contributed by atoms with Gasteiger partial charge in [-0.3, -0.25) is 4.79 Å². The first-order valence-corrected chi connectivity index (χ1v) is 9.99. The highest BCUT2D eigenvalue weighted by atomic mass is 32.1. The standard InChI is InChI=1S/C20H26N2O2S/c1-15-8-10-18(11-9-15)24-13-20-22-17(14-25-20)12-19(23)21-16-6-4-2-3-5-7-16/h8-11,14,16H,2-7,12-13H2,1H3,(H,21,23). The molecule has 1 aromatic heterocycles. The molecule has 5 heteroatoms. The van der Waals surface area contributed by atoms with E-state index in [1.165, 1.54) is 31.2 Å². The van der Waals surface area contributed by atoms with Gasteiger partial charge < -0.3 is 10.1 Å². The van der Waals surface area contributed by atoms with E-state index in [0.717, 1.165) is 29.3 Å². The Labute approximate surface area is 153 Å². The lowest BCUT2D eigenvalue weighted by Gasteiger charge is -2.15. The Morgan fingerprint density at radius 3 is 2.64 bits per heavy atom. The molecule has 0 unspecified atom stereocenters. The molecule has 3 rings (SSSR count). The zero-order valence-corrected chi connectivity index (χ0v) is 15.6. The number of hydrogen-bond donors (Lipinski definition) is 1. The normalized spacial score (nSPS) is 15.6. The van der Waals surface area contributed by atoms with E-state index < -0.39 is 0 Å². The van der Waals surface area contributed by atoms with Crippen LogP contribution in [0, 0.1) is 6.92 Å². The van der Waals surface area contributed by atoms with Gasteiger partial charge in [0.15, 0.2) is 0 Å². The lowest BCUT2D eigenvalue weighted by atomic mass is 10.1. The summed E-state index contributed by atoms with van der Waals surface area (Å²) in [4.78, 5) is 16.8. The second-order valence-electron chi connectivity index (χ2n) is 6.77. The van der Waals surface area contributed by atoms with Gasteiger partial charge >= 0.3 is 0 Å². The second kappa shape index (κ2) is 8.99. The van der Waals surface area contributed by atoms with E-state index >= 15 is 0 Å². The number of hydrogen-bond acceptors (Lipinski definition) is 4. The van der Waals surface area contributed by atoms with Crippen molar-refractivity contribution in [1.82, 2.24) is 10.3 Å². The third-order valence-corrected chi connectivity index (χ3v) is 5.42. The first-order chi connectivity index (χ1) is 12.2. The summed E-state index contributed by atoms with van der Waals surface area (Å²) in [5.41, 5.74) is 2.04. The third-order valence-electron chi connectivity index (χ3n) is 4.54. The molecule has 1 aromatic carbocycles. The van der Waals surface area contributed by atoms with Crippen molar-refractivity contribution in [1.29, 1.82) is 0 Å². The molecule has 0 spiro atoms. The lowest BCUT2D eigenvalue weighted by Crippen LogP contribution is -2.35. The molecule has 0 atom stereocenters. The van der Waals surface area contributed by atoms with Crippen LogP contribution in [0.25, 0.3) is 0 Å². The number of ether oxygens (including phenoxy) is 1. The fraction of sp³-hybridized carbons (Fsp3) is 0.500. The van der Waals surface area contributed by atoms with E-state index in [1.54, 1.807) is 11.3 Å². The van der Waals surface area contributed by atoms with Gasteiger partial charge in [0.05, 0.1) is 12.1 Å². The van der Waals surface area contributed by atoms with Crippen molar-refractivity contribution in [2.24, 2.45) is 0 Å². The van der Waals surface area contributed by atoms with Gasteiger partial charge in [-0.1, -0.05) is 43.4 Å². The minimum absolute atomic E-state index is 0.0863. The third kappa shape index (κ3) is 5.85. The minimum Gasteiger partial charge on any atom is -0.486 e. The maximum absolute atomic E-state index is 12.2. The molecule has 1 heterocycles. The molecule has 1 aliphatic rings. The topological polar surface area (TPSA) is 51.2 Å². The smallest absolute Gasteiger partial charge is 0.226 e. The van der Waals surface area contributed by atoms with Crippen LogP contribution in [-0.4, -0.2) is 16.9 Å². The highest BCUT2D eigenvalue weighted by Crippen LogP contribution is 2.18. The second-order valence-corrected chi connectivity index (χ2v) is 7.71. The number of rotatable bonds is 6. The number of benzene rings is 1. The molecule has 0 radical (unpaired) electrons. The molecular formula is C20H26N2O2S. The highest BCUT2D eigenvalue weighted by molar-refractivity contribution is 7.09. The number of carbonyl (C=O) groups is 1. The van der Waals surface area contributed by atoms with Gasteiger partial charge in [0.2, 0.25) is 5.91 Å². The number of nitrogens with one attached hydrogen (secondary N) is 1. The van der Waals surface area contributed by atoms with Crippen LogP contribution < -0.4 is 10.1 Å². The Kier molecular flexibility index (Phi) is 6.45. The van der Waals surface area contributed by atoms with Gasteiger partial charge in [0.1, 0.15) is 17.4 Å². The van der Waals surface area contributed by atoms with E-state index in [2.05, 4.69) is 17.2 Å². The minimum atomic E-state index is 0.0863. The van der Waals surface area contributed by atoms with Crippen LogP contribution in [0.5, 0.6) is 5.75 Å². The van der Waals surface area contributed by atoms with Gasteiger partial charge in [-0.2, -0.15) is 0 Å². The summed E-state index contributed by atoms with van der Waals surface area (Å²) in [6.07, 6.45) is 7.62. The molecule has 1 fully saturated rings. The number of aromatic nitrogens is 1. The van der Waals surface area contributed by atoms with Crippen LogP contribution in [0.3, 0.4) is 0 Å². The monoisotopic (exact) mass is 358 g/mol. The van der Waals surface area contributed by atoms with E-state index in [0.29, 0.717) is 19.1 Å². The quantitative estimate of drug-likeness (QED) is 0.778. The molecular weight excluding hydrogens is 332 g/mol. The summed E-state index contributed by atoms with van der Waals surface area (Å²) in [5, 5.41) is 6.03. The molecule has 0 saturated heterocycles. The van der Waals surface area contributed by atoms with Crippen molar-refractivity contribution in [3.63, 3.8) is 0 Å². The van der Waals surface area contributed by atoms with Crippen molar-refractivity contribution in [3.05, 3.63) is 45.9 Å². The molecule has 134 valence electrons. The summed E-state index contributed by atoms with van der Waals surface area (Å²) in [6.45, 7) is 2.50. The Bertz CT molecular complexity index is 673. The molecule has 0 bridgehead atoms. The lowest BCUT2D eigenvalue weighted by molar-refractivity contribution is -0.121. The summed E-state index contributed by atoms with van der Waals surface area (Å²) in [7, 11) is 0. The molecule has 1 saturated carbocycles. The predicted octanol–water partition coefficient (Wildman–Crippen LogP) is 4.41. The SMILES string of the molecule is Cc1ccc(OCc2nc(CC(=O)NC3CCCCCC3)cs2)cc1. The van der Waals surface area contributed by atoms with Gasteiger partial charge in [0, 0.05) is 11.4 Å². The Hall–Kier alpha value is -1.88. The van der Waals surface area contributed by atoms with Crippen LogP contribution in [0.4, 0.5) is 0 Å². The Morgan fingerprint density at radius 1 is 1.20 bits per heavy atom. The fourth-order valence-electron chi connectivity index (χ4n) is 3.14. The number of carbonyl (C=O) groups excluding carboxylic acids is 1. The van der Waals surface area contributed by atoms with E-state index in [-0.39, 0.29) is 5.91 Å². The molecule has 25 heavy (non-hydrogen) atoms. The molecule has 4 nitrogen and oxygen atoms in total. The Balaban J connectivity index is 1.45. The molecule has 1 amide bonds. The number of nitrogens with zero attached hydrogens (tertiary/aromatic N) is 1. The summed E-state index contributed by atoms with van der Waals surface area (Å²) in [6, 6.07) is 8.33. The molecule has 0 aliphatic heterocycles. The van der Waals surface area contributed by atoms with Crippen LogP contribution in [0.1, 0.15) is 54.8 Å². The summed E-state index contributed by atoms with van der Waals surface area (Å²) >= 11 is 1.55. The maximum atomic E-state index is 12.2. The first-order valence-electron chi connectivity index (χ1n) is 9.11. The first kappa shape index (κ1) is 17.9. The molecule has 2 aromatic rings. The zero-order valence-electron chi connectivity index (χ0n) is 14.8. The molecule has 1 aliphatic carbocycles. The van der Waals surface area contributed by atoms with Crippen molar-refractivity contribution in [2.75, 3.05) is 0 Å². The van der Waals surface area contributed by atoms with Crippen LogP contribution in [0.2, 0.25) is 0 Å². The van der Waals surface area contributed by atoms with Gasteiger partial charge in [-0.25, -0.2) is 4.98 Å². The number of amides is 1. The molecule has 1 N–H and O–H groups in total. The summed E-state index contributed by atoms with van der Waals surface area (Å²) in [5.74, 6) is 0.927. The largest absolute Gasteiger partial charge is 0.486 e. The number of thiazole rings is 1. The average Bonchev–Trinajstić information content (AvgIpc) is 2.88. The van der Waals surface area contributed by atoms with E-state index in [4.69, 9.17) is 4.74 Å². The summed E-state index contributed by atoms with van der Waals surface area (Å²) < 4.78 is 5.75. The van der Waals surface area contributed by atoms with Crippen molar-refractivity contribution in [3.8, 4) is 5.75 Å². The predicted molar refractivity (Wildman–Crippen MR) is 101 cm³/mol. The van der Waals surface area contributed by atoms with Crippen LogP contribution in [0.15, 0.2) is 29.6 Å². The van der Waals surface area contributed by atoms with Crippen molar-refractivity contribution in [2.45, 2.75) is 64.5 Å². The zero-order chi connectivity index (χ0) is 17.5. The van der Waals surface area contributed by atoms with E-state index in [1.807, 2.05) is 29.6 Å². The van der Waals surface area contributed by atoms with Crippen LogP contribution >= 0.6 is 11.3 Å². The highest BCUT2D eigenvalue weighted by Gasteiger charge is 2.15. The van der Waals surface area contributed by atoms with Gasteiger partial charge in [-0.15, -0.1) is 11.3 Å². The van der Waals surface area contributed by atoms with Crippen molar-refractivity contribution >= 4 is 17.2 Å².